The van der Waals surface area contributed by atoms with Gasteiger partial charge in [-0.25, -0.2) is 0 Å². The predicted octanol–water partition coefficient (Wildman–Crippen LogP) is 3.37. The van der Waals surface area contributed by atoms with Crippen LogP contribution in [0.25, 0.3) is 0 Å². The van der Waals surface area contributed by atoms with E-state index >= 15 is 0 Å². The minimum absolute atomic E-state index is 0.109. The van der Waals surface area contributed by atoms with Crippen molar-refractivity contribution in [2.24, 2.45) is 0 Å². The molecule has 98 valence electrons. The summed E-state index contributed by atoms with van der Waals surface area (Å²) < 4.78 is 0. The van der Waals surface area contributed by atoms with E-state index in [0.29, 0.717) is 6.42 Å². The predicted molar refractivity (Wildman–Crippen MR) is 73.9 cm³/mol. The molecule has 0 radical (unpaired) electrons. The molecule has 1 unspecified atom stereocenters. The van der Waals surface area contributed by atoms with Crippen molar-refractivity contribution in [2.45, 2.75) is 53.1 Å². The van der Waals surface area contributed by atoms with E-state index in [-0.39, 0.29) is 12.7 Å². The second-order valence-corrected chi connectivity index (χ2v) is 4.75. The quantitative estimate of drug-likeness (QED) is 0.668. The van der Waals surface area contributed by atoms with Crippen LogP contribution in [0.15, 0.2) is 34.9 Å². The zero-order chi connectivity index (χ0) is 13.3. The van der Waals surface area contributed by atoms with Gasteiger partial charge in [-0.1, -0.05) is 29.4 Å². The van der Waals surface area contributed by atoms with Gasteiger partial charge in [0.2, 0.25) is 0 Å². The minimum Gasteiger partial charge on any atom is -0.392 e. The van der Waals surface area contributed by atoms with E-state index in [1.807, 2.05) is 33.8 Å². The molecule has 1 atom stereocenters. The monoisotopic (exact) mass is 238 g/mol. The van der Waals surface area contributed by atoms with Gasteiger partial charge in [0.1, 0.15) is 0 Å². The summed E-state index contributed by atoms with van der Waals surface area (Å²) in [6.45, 7) is 8.16. The fourth-order valence-corrected chi connectivity index (χ4v) is 1.45. The van der Waals surface area contributed by atoms with Crippen LogP contribution in [-0.2, 0) is 0 Å². The van der Waals surface area contributed by atoms with E-state index in [2.05, 4.69) is 12.2 Å². The van der Waals surface area contributed by atoms with Gasteiger partial charge in [0.25, 0.3) is 0 Å². The fraction of sp³-hybridized carbons (Fsp3) is 0.600. The Labute approximate surface area is 105 Å². The first-order valence-corrected chi connectivity index (χ1v) is 6.22. The Kier molecular flexibility index (Phi) is 8.73. The van der Waals surface area contributed by atoms with E-state index in [9.17, 15) is 5.11 Å². The molecule has 2 heteroatoms. The second kappa shape index (κ2) is 9.20. The zero-order valence-electron chi connectivity index (χ0n) is 11.5. The van der Waals surface area contributed by atoms with Gasteiger partial charge < -0.3 is 10.2 Å². The molecule has 0 rings (SSSR count). The van der Waals surface area contributed by atoms with Crippen LogP contribution in [0, 0.1) is 0 Å². The highest BCUT2D eigenvalue weighted by Gasteiger charge is 2.03. The summed E-state index contributed by atoms with van der Waals surface area (Å²) in [7, 11) is 0. The van der Waals surface area contributed by atoms with Gasteiger partial charge in [0, 0.05) is 0 Å². The number of aliphatic hydroxyl groups is 2. The Morgan fingerprint density at radius 2 is 1.71 bits per heavy atom. The van der Waals surface area contributed by atoms with Crippen molar-refractivity contribution < 1.29 is 10.2 Å². The van der Waals surface area contributed by atoms with Crippen molar-refractivity contribution >= 4 is 0 Å². The van der Waals surface area contributed by atoms with Gasteiger partial charge in [-0.05, 0) is 52.5 Å². The molecular weight excluding hydrogens is 212 g/mol. The highest BCUT2D eigenvalue weighted by Crippen LogP contribution is 2.12. The largest absolute Gasteiger partial charge is 0.392 e. The molecule has 0 amide bonds. The third-order valence-electron chi connectivity index (χ3n) is 2.72. The van der Waals surface area contributed by atoms with Crippen LogP contribution in [0.2, 0.25) is 0 Å². The lowest BCUT2D eigenvalue weighted by molar-refractivity contribution is 0.213. The maximum Gasteiger partial charge on any atom is 0.0781 e. The Balaban J connectivity index is 4.08. The summed E-state index contributed by atoms with van der Waals surface area (Å²) in [5, 5.41) is 18.6. The lowest BCUT2D eigenvalue weighted by Gasteiger charge is -2.09. The zero-order valence-corrected chi connectivity index (χ0v) is 11.5. The first kappa shape index (κ1) is 16.1. The highest BCUT2D eigenvalue weighted by atomic mass is 16.3. The number of hydrogen-bond donors (Lipinski definition) is 2. The number of aliphatic hydroxyl groups excluding tert-OH is 2. The Bertz CT molecular complexity index is 294. The van der Waals surface area contributed by atoms with E-state index in [1.54, 1.807) is 0 Å². The summed E-state index contributed by atoms with van der Waals surface area (Å²) in [5.74, 6) is 0. The van der Waals surface area contributed by atoms with Crippen LogP contribution >= 0.6 is 0 Å². The molecule has 0 aromatic carbocycles. The summed E-state index contributed by atoms with van der Waals surface area (Å²) in [6, 6.07) is 0. The Morgan fingerprint density at radius 3 is 2.24 bits per heavy atom. The van der Waals surface area contributed by atoms with E-state index < -0.39 is 0 Å². The lowest BCUT2D eigenvalue weighted by Crippen LogP contribution is -2.06. The van der Waals surface area contributed by atoms with E-state index in [1.165, 1.54) is 11.1 Å². The first-order chi connectivity index (χ1) is 7.97. The van der Waals surface area contributed by atoms with Gasteiger partial charge in [-0.2, -0.15) is 0 Å². The van der Waals surface area contributed by atoms with Crippen LogP contribution < -0.4 is 0 Å². The fourth-order valence-electron chi connectivity index (χ4n) is 1.45. The average Bonchev–Trinajstić information content (AvgIpc) is 2.25. The van der Waals surface area contributed by atoms with Crippen molar-refractivity contribution in [3.8, 4) is 0 Å². The summed E-state index contributed by atoms with van der Waals surface area (Å²) in [6.07, 6.45) is 8.13. The summed E-state index contributed by atoms with van der Waals surface area (Å²) in [5.41, 5.74) is 3.45. The van der Waals surface area contributed by atoms with E-state index in [0.717, 1.165) is 18.4 Å². The van der Waals surface area contributed by atoms with Crippen LogP contribution in [0.3, 0.4) is 0 Å². The van der Waals surface area contributed by atoms with Gasteiger partial charge >= 0.3 is 0 Å². The molecule has 0 aliphatic rings. The number of rotatable bonds is 7. The molecule has 0 aromatic rings. The third-order valence-corrected chi connectivity index (χ3v) is 2.72. The highest BCUT2D eigenvalue weighted by molar-refractivity contribution is 5.09. The molecule has 17 heavy (non-hydrogen) atoms. The summed E-state index contributed by atoms with van der Waals surface area (Å²) in [4.78, 5) is 0. The second-order valence-electron chi connectivity index (χ2n) is 4.75. The summed E-state index contributed by atoms with van der Waals surface area (Å²) >= 11 is 0. The smallest absolute Gasteiger partial charge is 0.0781 e. The molecule has 2 N–H and O–H groups in total. The minimum atomic E-state index is -0.368. The molecule has 0 heterocycles. The van der Waals surface area contributed by atoms with Crippen LogP contribution in [0.1, 0.15) is 47.0 Å². The normalized spacial score (nSPS) is 14.7. The number of allylic oxidation sites excluding steroid dienone is 3. The van der Waals surface area contributed by atoms with E-state index in [4.69, 9.17) is 5.11 Å². The molecule has 0 bridgehead atoms. The molecule has 0 aliphatic heterocycles. The van der Waals surface area contributed by atoms with Crippen LogP contribution in [-0.4, -0.2) is 22.9 Å². The Hall–Kier alpha value is -0.860. The van der Waals surface area contributed by atoms with Crippen LogP contribution in [0.4, 0.5) is 0 Å². The lowest BCUT2D eigenvalue weighted by atomic mass is 10.0. The van der Waals surface area contributed by atoms with Gasteiger partial charge in [0.15, 0.2) is 0 Å². The molecular formula is C15H26O2. The molecule has 0 saturated carbocycles. The molecule has 0 aromatic heterocycles. The van der Waals surface area contributed by atoms with Crippen molar-refractivity contribution in [2.75, 3.05) is 6.61 Å². The number of hydrogen-bond acceptors (Lipinski definition) is 2. The van der Waals surface area contributed by atoms with Crippen LogP contribution in [0.5, 0.6) is 0 Å². The van der Waals surface area contributed by atoms with Gasteiger partial charge in [-0.15, -0.1) is 0 Å². The van der Waals surface area contributed by atoms with Crippen molar-refractivity contribution in [3.05, 3.63) is 34.9 Å². The molecule has 0 saturated heterocycles. The first-order valence-electron chi connectivity index (χ1n) is 6.22. The topological polar surface area (TPSA) is 40.5 Å². The molecule has 0 aliphatic carbocycles. The SMILES string of the molecule is CC(C)=CCC(O)/C(C)=C/CC/C(C)=C/CO. The molecule has 0 fully saturated rings. The van der Waals surface area contributed by atoms with Crippen molar-refractivity contribution in [3.63, 3.8) is 0 Å². The third kappa shape index (κ3) is 8.90. The Morgan fingerprint density at radius 1 is 1.06 bits per heavy atom. The van der Waals surface area contributed by atoms with Crippen molar-refractivity contribution in [1.82, 2.24) is 0 Å². The molecule has 2 nitrogen and oxygen atoms in total. The van der Waals surface area contributed by atoms with Gasteiger partial charge in [-0.3, -0.25) is 0 Å². The van der Waals surface area contributed by atoms with Gasteiger partial charge in [0.05, 0.1) is 12.7 Å². The maximum atomic E-state index is 9.87. The van der Waals surface area contributed by atoms with Crippen molar-refractivity contribution in [1.29, 1.82) is 0 Å². The maximum absolute atomic E-state index is 9.87. The standard InChI is InChI=1S/C15H26O2/c1-12(2)8-9-15(17)14(4)7-5-6-13(3)10-11-16/h7-8,10,15-17H,5-6,9,11H2,1-4H3/b13-10+,14-7+. The average molecular weight is 238 g/mol. The molecule has 0 spiro atoms.